The second kappa shape index (κ2) is 6.33. The molecule has 0 aromatic carbocycles. The highest BCUT2D eigenvalue weighted by Gasteiger charge is 2.07. The zero-order valence-electron chi connectivity index (χ0n) is 10.8. The minimum Gasteiger partial charge on any atom is -0.462 e. The van der Waals surface area contributed by atoms with Crippen LogP contribution in [0.5, 0.6) is 5.75 Å². The van der Waals surface area contributed by atoms with Crippen LogP contribution in [0.15, 0.2) is 41.9 Å². The Hall–Kier alpha value is -1.88. The Morgan fingerprint density at radius 2 is 2.26 bits per heavy atom. The van der Waals surface area contributed by atoms with Gasteiger partial charge in [0, 0.05) is 31.4 Å². The Morgan fingerprint density at radius 1 is 1.42 bits per heavy atom. The van der Waals surface area contributed by atoms with Gasteiger partial charge in [0.15, 0.2) is 0 Å². The van der Waals surface area contributed by atoms with E-state index in [4.69, 9.17) is 22.7 Å². The maximum Gasteiger partial charge on any atom is 0.130 e. The van der Waals surface area contributed by atoms with Crippen molar-refractivity contribution in [3.63, 3.8) is 0 Å². The molecular formula is C14H17N3OS. The Kier molecular flexibility index (Phi) is 4.52. The summed E-state index contributed by atoms with van der Waals surface area (Å²) in [6.07, 6.45) is 8.32. The Balaban J connectivity index is 2.13. The topological polar surface area (TPSA) is 60.2 Å². The zero-order chi connectivity index (χ0) is 13.7. The molecule has 4 nitrogen and oxygen atoms in total. The molecule has 2 rings (SSSR count). The third kappa shape index (κ3) is 3.79. The lowest BCUT2D eigenvalue weighted by Crippen LogP contribution is -2.17. The molecule has 3 N–H and O–H groups in total. The Labute approximate surface area is 118 Å². The summed E-state index contributed by atoms with van der Waals surface area (Å²) in [6, 6.07) is 3.65. The molecule has 0 saturated heterocycles. The highest BCUT2D eigenvalue weighted by atomic mass is 32.1. The molecule has 1 aromatic rings. The van der Waals surface area contributed by atoms with E-state index in [1.54, 1.807) is 13.2 Å². The maximum atomic E-state index is 5.85. The molecule has 19 heavy (non-hydrogen) atoms. The van der Waals surface area contributed by atoms with Crippen LogP contribution in [0, 0.1) is 0 Å². The van der Waals surface area contributed by atoms with E-state index in [-0.39, 0.29) is 0 Å². The first-order valence-electron chi connectivity index (χ1n) is 6.20. The van der Waals surface area contributed by atoms with Crippen molar-refractivity contribution < 1.29 is 4.74 Å². The van der Waals surface area contributed by atoms with Gasteiger partial charge in [-0.25, -0.2) is 0 Å². The van der Waals surface area contributed by atoms with Crippen molar-refractivity contribution in [3.05, 3.63) is 47.6 Å². The van der Waals surface area contributed by atoms with Crippen LogP contribution in [0.3, 0.4) is 0 Å². The van der Waals surface area contributed by atoms with E-state index in [0.717, 1.165) is 36.5 Å². The molecular weight excluding hydrogens is 258 g/mol. The first-order chi connectivity index (χ1) is 9.19. The van der Waals surface area contributed by atoms with Crippen LogP contribution in [0.4, 0.5) is 0 Å². The fourth-order valence-electron chi connectivity index (χ4n) is 1.80. The summed E-state index contributed by atoms with van der Waals surface area (Å²) < 4.78 is 5.85. The van der Waals surface area contributed by atoms with Crippen LogP contribution in [0.2, 0.25) is 0 Å². The number of nitrogens with zero attached hydrogens (tertiary/aromatic N) is 1. The van der Waals surface area contributed by atoms with Crippen molar-refractivity contribution in [1.82, 2.24) is 10.3 Å². The molecule has 1 aliphatic rings. The van der Waals surface area contributed by atoms with Crippen LogP contribution in [0.25, 0.3) is 0 Å². The molecule has 0 aliphatic heterocycles. The lowest BCUT2D eigenvalue weighted by Gasteiger charge is -2.10. The van der Waals surface area contributed by atoms with Gasteiger partial charge in [-0.2, -0.15) is 0 Å². The van der Waals surface area contributed by atoms with Gasteiger partial charge in [-0.05, 0) is 31.1 Å². The summed E-state index contributed by atoms with van der Waals surface area (Å²) in [7, 11) is 1.78. The van der Waals surface area contributed by atoms with Crippen molar-refractivity contribution >= 4 is 17.2 Å². The summed E-state index contributed by atoms with van der Waals surface area (Å²) in [6.45, 7) is 0. The van der Waals surface area contributed by atoms with E-state index in [2.05, 4.69) is 10.3 Å². The van der Waals surface area contributed by atoms with Crippen LogP contribution < -0.4 is 15.8 Å². The molecule has 0 spiro atoms. The van der Waals surface area contributed by atoms with Gasteiger partial charge in [0.2, 0.25) is 0 Å². The van der Waals surface area contributed by atoms with Crippen LogP contribution >= 0.6 is 12.2 Å². The quantitative estimate of drug-likeness (QED) is 0.829. The fraction of sp³-hybridized carbons (Fsp3) is 0.286. The molecule has 0 radical (unpaired) electrons. The molecule has 0 fully saturated rings. The third-order valence-corrected chi connectivity index (χ3v) is 3.23. The summed E-state index contributed by atoms with van der Waals surface area (Å²) in [5, 5.41) is 2.90. The number of nitrogens with two attached hydrogens (primary N) is 1. The summed E-state index contributed by atoms with van der Waals surface area (Å²) in [5.74, 6) is 1.65. The summed E-state index contributed by atoms with van der Waals surface area (Å²) in [5.41, 5.74) is 7.40. The van der Waals surface area contributed by atoms with Crippen molar-refractivity contribution in [2.45, 2.75) is 19.3 Å². The van der Waals surface area contributed by atoms with Crippen molar-refractivity contribution in [2.75, 3.05) is 7.05 Å². The molecule has 0 saturated carbocycles. The molecule has 100 valence electrons. The second-order valence-electron chi connectivity index (χ2n) is 4.29. The zero-order valence-corrected chi connectivity index (χ0v) is 11.7. The first-order valence-corrected chi connectivity index (χ1v) is 6.61. The number of allylic oxidation sites excluding steroid dienone is 4. The Morgan fingerprint density at radius 3 is 3.05 bits per heavy atom. The molecule has 0 unspecified atom stereocenters. The van der Waals surface area contributed by atoms with Gasteiger partial charge in [-0.3, -0.25) is 4.98 Å². The number of thiocarbonyl (C=S) groups is 1. The number of hydrogen-bond donors (Lipinski definition) is 2. The number of pyridine rings is 1. The van der Waals surface area contributed by atoms with E-state index in [1.807, 2.05) is 24.3 Å². The molecule has 1 aliphatic carbocycles. The predicted octanol–water partition coefficient (Wildman–Crippen LogP) is 2.27. The van der Waals surface area contributed by atoms with Crippen molar-refractivity contribution in [1.29, 1.82) is 0 Å². The number of aromatic nitrogens is 1. The average molecular weight is 275 g/mol. The van der Waals surface area contributed by atoms with E-state index in [1.165, 1.54) is 0 Å². The smallest absolute Gasteiger partial charge is 0.130 e. The average Bonchev–Trinajstić information content (AvgIpc) is 2.63. The van der Waals surface area contributed by atoms with Gasteiger partial charge in [0.25, 0.3) is 0 Å². The second-order valence-corrected chi connectivity index (χ2v) is 4.69. The minimum absolute atomic E-state index is 0.601. The van der Waals surface area contributed by atoms with E-state index in [0.29, 0.717) is 10.7 Å². The number of nitrogens with one attached hydrogen (secondary N) is 1. The molecule has 0 atom stereocenters. The molecule has 1 heterocycles. The van der Waals surface area contributed by atoms with E-state index < -0.39 is 0 Å². The van der Waals surface area contributed by atoms with E-state index in [9.17, 15) is 0 Å². The standard InChI is InChI=1S/C14H17N3OS/c1-16-14(19)13-9-12(7-8-17-13)18-11-4-2-3-10(15)5-6-11/h5-9H,2-4,15H2,1H3,(H,16,19). The highest BCUT2D eigenvalue weighted by molar-refractivity contribution is 7.80. The number of ether oxygens (including phenoxy) is 1. The Bertz CT molecular complexity index is 537. The number of hydrogen-bond acceptors (Lipinski definition) is 4. The van der Waals surface area contributed by atoms with Crippen LogP contribution in [0.1, 0.15) is 25.0 Å². The maximum absolute atomic E-state index is 5.85. The normalized spacial score (nSPS) is 15.0. The molecule has 5 heteroatoms. The van der Waals surface area contributed by atoms with Crippen molar-refractivity contribution in [3.8, 4) is 5.75 Å². The molecule has 1 aromatic heterocycles. The first kappa shape index (κ1) is 13.5. The van der Waals surface area contributed by atoms with Gasteiger partial charge in [0.1, 0.15) is 22.2 Å². The van der Waals surface area contributed by atoms with Crippen LogP contribution in [-0.2, 0) is 0 Å². The van der Waals surface area contributed by atoms with E-state index >= 15 is 0 Å². The minimum atomic E-state index is 0.601. The monoisotopic (exact) mass is 275 g/mol. The lowest BCUT2D eigenvalue weighted by molar-refractivity contribution is 0.400. The predicted molar refractivity (Wildman–Crippen MR) is 79.8 cm³/mol. The van der Waals surface area contributed by atoms with Crippen LogP contribution in [-0.4, -0.2) is 17.0 Å². The largest absolute Gasteiger partial charge is 0.462 e. The molecule has 0 bridgehead atoms. The fourth-order valence-corrected chi connectivity index (χ4v) is 1.91. The SMILES string of the molecule is CNC(=S)c1cc(OC2=CC=C(N)CCC2)ccn1. The van der Waals surface area contributed by atoms with Crippen molar-refractivity contribution in [2.24, 2.45) is 5.73 Å². The highest BCUT2D eigenvalue weighted by Crippen LogP contribution is 2.20. The van der Waals surface area contributed by atoms with Gasteiger partial charge < -0.3 is 15.8 Å². The third-order valence-electron chi connectivity index (χ3n) is 2.81. The lowest BCUT2D eigenvalue weighted by atomic mass is 10.2. The molecule has 0 amide bonds. The summed E-state index contributed by atoms with van der Waals surface area (Å²) >= 11 is 5.15. The van der Waals surface area contributed by atoms with Gasteiger partial charge in [-0.15, -0.1) is 0 Å². The number of rotatable bonds is 3. The summed E-state index contributed by atoms with van der Waals surface area (Å²) in [4.78, 5) is 4.80. The van der Waals surface area contributed by atoms with Gasteiger partial charge in [0.05, 0.1) is 0 Å². The van der Waals surface area contributed by atoms with Gasteiger partial charge >= 0.3 is 0 Å². The van der Waals surface area contributed by atoms with Gasteiger partial charge in [-0.1, -0.05) is 12.2 Å².